The van der Waals surface area contributed by atoms with Crippen LogP contribution in [-0.2, 0) is 9.59 Å². The molecule has 0 aliphatic carbocycles. The van der Waals surface area contributed by atoms with Gasteiger partial charge in [-0.05, 0) is 31.4 Å². The number of hydrogen-bond acceptors (Lipinski definition) is 2. The largest absolute Gasteiger partial charge is 0.274 e. The second-order valence-electron chi connectivity index (χ2n) is 4.22. The maximum atomic E-state index is 11.8. The van der Waals surface area contributed by atoms with Gasteiger partial charge in [0.15, 0.2) is 0 Å². The normalized spacial score (nSPS) is 16.8. The van der Waals surface area contributed by atoms with E-state index in [0.717, 1.165) is 16.8 Å². The Labute approximate surface area is 95.1 Å². The average molecular weight is 217 g/mol. The first kappa shape index (κ1) is 10.9. The van der Waals surface area contributed by atoms with Gasteiger partial charge in [0.2, 0.25) is 11.8 Å². The molecule has 0 aromatic heterocycles. The van der Waals surface area contributed by atoms with Crippen LogP contribution in [0.15, 0.2) is 18.2 Å². The fourth-order valence-electron chi connectivity index (χ4n) is 2.16. The van der Waals surface area contributed by atoms with Crippen molar-refractivity contribution >= 4 is 17.5 Å². The molecular weight excluding hydrogens is 202 g/mol. The number of benzene rings is 1. The van der Waals surface area contributed by atoms with Crippen molar-refractivity contribution in [1.82, 2.24) is 0 Å². The van der Waals surface area contributed by atoms with Crippen LogP contribution in [0.4, 0.5) is 5.69 Å². The van der Waals surface area contributed by atoms with Gasteiger partial charge >= 0.3 is 0 Å². The molecule has 1 fully saturated rings. The monoisotopic (exact) mass is 217 g/mol. The van der Waals surface area contributed by atoms with Crippen LogP contribution in [0.5, 0.6) is 0 Å². The first-order valence-corrected chi connectivity index (χ1v) is 5.53. The Morgan fingerprint density at radius 3 is 2.00 bits per heavy atom. The third kappa shape index (κ3) is 1.73. The molecule has 1 aliphatic rings. The predicted molar refractivity (Wildman–Crippen MR) is 62.3 cm³/mol. The number of aryl methyl sites for hydroxylation is 2. The van der Waals surface area contributed by atoms with Crippen molar-refractivity contribution in [2.24, 2.45) is 0 Å². The Morgan fingerprint density at radius 1 is 1.00 bits per heavy atom. The molecule has 1 saturated heterocycles. The van der Waals surface area contributed by atoms with Gasteiger partial charge in [-0.25, -0.2) is 0 Å². The molecule has 1 heterocycles. The van der Waals surface area contributed by atoms with Crippen LogP contribution < -0.4 is 4.90 Å². The first-order valence-electron chi connectivity index (χ1n) is 5.53. The van der Waals surface area contributed by atoms with Crippen LogP contribution in [0.1, 0.15) is 30.4 Å². The number of rotatable bonds is 1. The lowest BCUT2D eigenvalue weighted by molar-refractivity contribution is -0.129. The second kappa shape index (κ2) is 4.08. The van der Waals surface area contributed by atoms with Crippen LogP contribution in [0.3, 0.4) is 0 Å². The summed E-state index contributed by atoms with van der Waals surface area (Å²) in [6.45, 7) is 3.86. The van der Waals surface area contributed by atoms with E-state index in [1.54, 1.807) is 0 Å². The van der Waals surface area contributed by atoms with Gasteiger partial charge in [-0.3, -0.25) is 14.5 Å². The van der Waals surface area contributed by atoms with E-state index in [1.807, 2.05) is 32.0 Å². The topological polar surface area (TPSA) is 37.4 Å². The standard InChI is InChI=1S/C13H15NO2/c1-9-5-3-6-10(2)13(9)14-11(15)7-4-8-12(14)16/h3,5-6H,4,7-8H2,1-2H3. The number of piperidine rings is 1. The molecule has 1 aromatic carbocycles. The van der Waals surface area contributed by atoms with Crippen LogP contribution >= 0.6 is 0 Å². The third-order valence-corrected chi connectivity index (χ3v) is 2.94. The van der Waals surface area contributed by atoms with E-state index < -0.39 is 0 Å². The lowest BCUT2D eigenvalue weighted by Gasteiger charge is -2.27. The molecule has 2 amide bonds. The average Bonchev–Trinajstić information content (AvgIpc) is 2.21. The van der Waals surface area contributed by atoms with Crippen LogP contribution in [0, 0.1) is 13.8 Å². The molecule has 3 nitrogen and oxygen atoms in total. The van der Waals surface area contributed by atoms with E-state index in [1.165, 1.54) is 4.90 Å². The highest BCUT2D eigenvalue weighted by atomic mass is 16.2. The summed E-state index contributed by atoms with van der Waals surface area (Å²) in [5.41, 5.74) is 2.73. The first-order chi connectivity index (χ1) is 7.61. The molecule has 0 N–H and O–H groups in total. The molecule has 0 unspecified atom stereocenters. The summed E-state index contributed by atoms with van der Waals surface area (Å²) in [4.78, 5) is 25.0. The molecule has 16 heavy (non-hydrogen) atoms. The molecule has 1 aliphatic heterocycles. The van der Waals surface area contributed by atoms with Crippen LogP contribution in [-0.4, -0.2) is 11.8 Å². The van der Waals surface area contributed by atoms with Gasteiger partial charge < -0.3 is 0 Å². The number of amides is 2. The summed E-state index contributed by atoms with van der Waals surface area (Å²) in [7, 11) is 0. The minimum absolute atomic E-state index is 0.0753. The number of carbonyl (C=O) groups excluding carboxylic acids is 2. The molecule has 0 spiro atoms. The number of carbonyl (C=O) groups is 2. The number of hydrogen-bond donors (Lipinski definition) is 0. The lowest BCUT2D eigenvalue weighted by Crippen LogP contribution is -2.41. The maximum Gasteiger partial charge on any atom is 0.233 e. The van der Waals surface area contributed by atoms with Crippen molar-refractivity contribution < 1.29 is 9.59 Å². The number of anilines is 1. The maximum absolute atomic E-state index is 11.8. The van der Waals surface area contributed by atoms with Gasteiger partial charge in [-0.1, -0.05) is 18.2 Å². The smallest absolute Gasteiger partial charge is 0.233 e. The van der Waals surface area contributed by atoms with Gasteiger partial charge in [-0.2, -0.15) is 0 Å². The molecule has 1 aromatic rings. The van der Waals surface area contributed by atoms with Crippen LogP contribution in [0.25, 0.3) is 0 Å². The second-order valence-corrected chi connectivity index (χ2v) is 4.22. The van der Waals surface area contributed by atoms with Crippen LogP contribution in [0.2, 0.25) is 0 Å². The summed E-state index contributed by atoms with van der Waals surface area (Å²) >= 11 is 0. The third-order valence-electron chi connectivity index (χ3n) is 2.94. The van der Waals surface area contributed by atoms with Crippen molar-refractivity contribution in [3.8, 4) is 0 Å². The van der Waals surface area contributed by atoms with E-state index in [0.29, 0.717) is 19.3 Å². The Hall–Kier alpha value is -1.64. The van der Waals surface area contributed by atoms with Crippen molar-refractivity contribution in [1.29, 1.82) is 0 Å². The summed E-state index contributed by atoms with van der Waals surface area (Å²) in [5, 5.41) is 0. The van der Waals surface area contributed by atoms with E-state index in [-0.39, 0.29) is 11.8 Å². The van der Waals surface area contributed by atoms with Gasteiger partial charge in [0.05, 0.1) is 5.69 Å². The van der Waals surface area contributed by atoms with E-state index in [2.05, 4.69) is 0 Å². The summed E-state index contributed by atoms with van der Waals surface area (Å²) in [6.07, 6.45) is 1.62. The SMILES string of the molecule is Cc1cccc(C)c1N1C(=O)CCCC1=O. The van der Waals surface area contributed by atoms with Crippen molar-refractivity contribution in [3.63, 3.8) is 0 Å². The molecular formula is C13H15NO2. The van der Waals surface area contributed by atoms with Gasteiger partial charge in [0.1, 0.15) is 0 Å². The minimum atomic E-state index is -0.0753. The van der Waals surface area contributed by atoms with E-state index in [9.17, 15) is 9.59 Å². The fraction of sp³-hybridized carbons (Fsp3) is 0.385. The van der Waals surface area contributed by atoms with Gasteiger partial charge in [-0.15, -0.1) is 0 Å². The Balaban J connectivity index is 2.49. The summed E-state index contributed by atoms with van der Waals surface area (Å²) in [6, 6.07) is 5.79. The Morgan fingerprint density at radius 2 is 1.50 bits per heavy atom. The number of nitrogens with zero attached hydrogens (tertiary/aromatic N) is 1. The number of imide groups is 1. The molecule has 3 heteroatoms. The predicted octanol–water partition coefficient (Wildman–Crippen LogP) is 2.35. The van der Waals surface area contributed by atoms with Gasteiger partial charge in [0.25, 0.3) is 0 Å². The number of para-hydroxylation sites is 1. The Kier molecular flexibility index (Phi) is 2.77. The van der Waals surface area contributed by atoms with E-state index in [4.69, 9.17) is 0 Å². The molecule has 84 valence electrons. The van der Waals surface area contributed by atoms with Crippen molar-refractivity contribution in [3.05, 3.63) is 29.3 Å². The van der Waals surface area contributed by atoms with Crippen molar-refractivity contribution in [2.45, 2.75) is 33.1 Å². The molecule has 0 bridgehead atoms. The minimum Gasteiger partial charge on any atom is -0.274 e. The highest BCUT2D eigenvalue weighted by Crippen LogP contribution is 2.28. The zero-order valence-corrected chi connectivity index (χ0v) is 9.62. The molecule has 2 rings (SSSR count). The highest BCUT2D eigenvalue weighted by molar-refractivity contribution is 6.17. The lowest BCUT2D eigenvalue weighted by atomic mass is 10.0. The molecule has 0 atom stereocenters. The highest BCUT2D eigenvalue weighted by Gasteiger charge is 2.29. The quantitative estimate of drug-likeness (QED) is 0.677. The summed E-state index contributed by atoms with van der Waals surface area (Å²) in [5.74, 6) is -0.151. The fourth-order valence-corrected chi connectivity index (χ4v) is 2.16. The van der Waals surface area contributed by atoms with Gasteiger partial charge in [0, 0.05) is 12.8 Å². The molecule has 0 saturated carbocycles. The summed E-state index contributed by atoms with van der Waals surface area (Å²) < 4.78 is 0. The Bertz CT molecular complexity index is 415. The zero-order chi connectivity index (χ0) is 11.7. The molecule has 0 radical (unpaired) electrons. The zero-order valence-electron chi connectivity index (χ0n) is 9.62. The van der Waals surface area contributed by atoms with Crippen molar-refractivity contribution in [2.75, 3.05) is 4.90 Å². The van der Waals surface area contributed by atoms with E-state index >= 15 is 0 Å².